The van der Waals surface area contributed by atoms with E-state index in [4.69, 9.17) is 9.47 Å². The quantitative estimate of drug-likeness (QED) is 0.523. The van der Waals surface area contributed by atoms with E-state index < -0.39 is 0 Å². The number of nitrogens with one attached hydrogen (secondary N) is 2. The summed E-state index contributed by atoms with van der Waals surface area (Å²) in [5.74, 6) is -0.287. The molecule has 1 aromatic rings. The number of carbonyl (C=O) groups excluding carboxylic acids is 2. The van der Waals surface area contributed by atoms with Gasteiger partial charge in [0.15, 0.2) is 0 Å². The molecule has 0 aliphatic carbocycles. The molecule has 7 heteroatoms. The molecule has 0 fully saturated rings. The van der Waals surface area contributed by atoms with E-state index in [0.29, 0.717) is 51.5 Å². The fourth-order valence-electron chi connectivity index (χ4n) is 1.93. The molecule has 2 N–H and O–H groups in total. The lowest BCUT2D eigenvalue weighted by Gasteiger charge is -2.08. The normalized spacial score (nSPS) is 10.7. The van der Waals surface area contributed by atoms with Crippen molar-refractivity contribution in [2.45, 2.75) is 26.8 Å². The molecule has 1 aromatic carbocycles. The molecule has 0 saturated carbocycles. The zero-order chi connectivity index (χ0) is 18.5. The van der Waals surface area contributed by atoms with E-state index in [1.807, 2.05) is 6.07 Å². The first-order valence-corrected chi connectivity index (χ1v) is 8.36. The summed E-state index contributed by atoms with van der Waals surface area (Å²) in [6.07, 6.45) is 0.415. The minimum Gasteiger partial charge on any atom is -0.379 e. The molecule has 0 radical (unpaired) electrons. The third-order valence-electron chi connectivity index (χ3n) is 3.39. The summed E-state index contributed by atoms with van der Waals surface area (Å²) in [6, 6.07) is 5.01. The molecular weight excluding hydrogens is 327 g/mol. The van der Waals surface area contributed by atoms with Gasteiger partial charge in [0.25, 0.3) is 0 Å². The molecule has 0 unspecified atom stereocenters. The molecule has 6 nitrogen and oxygen atoms in total. The van der Waals surface area contributed by atoms with Gasteiger partial charge < -0.3 is 20.1 Å². The molecule has 25 heavy (non-hydrogen) atoms. The second-order valence-corrected chi connectivity index (χ2v) is 5.71. The van der Waals surface area contributed by atoms with Crippen molar-refractivity contribution in [2.24, 2.45) is 0 Å². The second-order valence-electron chi connectivity index (χ2n) is 5.71. The number of rotatable bonds is 13. The number of aryl methyl sites for hydroxylation is 1. The van der Waals surface area contributed by atoms with Crippen LogP contribution in [0, 0.1) is 12.7 Å². The monoisotopic (exact) mass is 354 g/mol. The number of Topliss-reactive ketones (excluding diaryl/α,β-unsaturated/α-hetero) is 1. The van der Waals surface area contributed by atoms with Crippen LogP contribution in [-0.2, 0) is 25.6 Å². The fraction of sp³-hybridized carbons (Fsp3) is 0.556. The Hall–Kier alpha value is -1.83. The fourth-order valence-corrected chi connectivity index (χ4v) is 1.93. The van der Waals surface area contributed by atoms with Crippen molar-refractivity contribution in [3.05, 3.63) is 35.1 Å². The summed E-state index contributed by atoms with van der Waals surface area (Å²) in [6.45, 7) is 5.88. The van der Waals surface area contributed by atoms with E-state index in [9.17, 15) is 14.0 Å². The Kier molecular flexibility index (Phi) is 10.6. The molecular formula is C18H27FN2O4. The van der Waals surface area contributed by atoms with Crippen molar-refractivity contribution in [3.63, 3.8) is 0 Å². The Morgan fingerprint density at radius 1 is 1.12 bits per heavy atom. The van der Waals surface area contributed by atoms with Gasteiger partial charge in [0.2, 0.25) is 5.91 Å². The van der Waals surface area contributed by atoms with Crippen LogP contribution in [0.5, 0.6) is 0 Å². The van der Waals surface area contributed by atoms with Gasteiger partial charge in [0, 0.05) is 19.5 Å². The highest BCUT2D eigenvalue weighted by Gasteiger charge is 2.02. The third-order valence-corrected chi connectivity index (χ3v) is 3.39. The van der Waals surface area contributed by atoms with E-state index in [-0.39, 0.29) is 24.1 Å². The summed E-state index contributed by atoms with van der Waals surface area (Å²) in [5, 5.41) is 5.69. The zero-order valence-electron chi connectivity index (χ0n) is 14.9. The highest BCUT2D eigenvalue weighted by molar-refractivity contribution is 5.77. The van der Waals surface area contributed by atoms with Gasteiger partial charge in [-0.05, 0) is 31.0 Å². The smallest absolute Gasteiger partial charge is 0.234 e. The van der Waals surface area contributed by atoms with E-state index in [2.05, 4.69) is 10.6 Å². The van der Waals surface area contributed by atoms with Crippen molar-refractivity contribution in [1.29, 1.82) is 0 Å². The molecule has 0 atom stereocenters. The summed E-state index contributed by atoms with van der Waals surface area (Å²) in [4.78, 5) is 22.3. The standard InChI is InChI=1S/C18H27FN2O4/c1-14-3-4-16(11-17(14)19)12-20-13-18(23)21-6-8-25-10-9-24-7-5-15(2)22/h3-4,11,20H,5-10,12-13H2,1-2H3,(H,21,23). The maximum absolute atomic E-state index is 13.4. The highest BCUT2D eigenvalue weighted by atomic mass is 19.1. The predicted octanol–water partition coefficient (Wildman–Crippen LogP) is 1.35. The van der Waals surface area contributed by atoms with Crippen LogP contribution in [-0.4, -0.2) is 51.2 Å². The van der Waals surface area contributed by atoms with Crippen LogP contribution in [0.25, 0.3) is 0 Å². The van der Waals surface area contributed by atoms with Gasteiger partial charge >= 0.3 is 0 Å². The summed E-state index contributed by atoms with van der Waals surface area (Å²) in [7, 11) is 0. The summed E-state index contributed by atoms with van der Waals surface area (Å²) in [5.41, 5.74) is 1.40. The lowest BCUT2D eigenvalue weighted by molar-refractivity contribution is -0.120. The number of ketones is 1. The van der Waals surface area contributed by atoms with Crippen molar-refractivity contribution >= 4 is 11.7 Å². The zero-order valence-corrected chi connectivity index (χ0v) is 14.9. The topological polar surface area (TPSA) is 76.7 Å². The lowest BCUT2D eigenvalue weighted by Crippen LogP contribution is -2.35. The number of ether oxygens (including phenoxy) is 2. The van der Waals surface area contributed by atoms with E-state index in [1.54, 1.807) is 13.0 Å². The molecule has 0 bridgehead atoms. The van der Waals surface area contributed by atoms with Crippen LogP contribution < -0.4 is 10.6 Å². The Bertz CT molecular complexity index is 552. The molecule has 140 valence electrons. The number of amides is 1. The van der Waals surface area contributed by atoms with E-state index in [0.717, 1.165) is 5.56 Å². The average molecular weight is 354 g/mol. The number of benzene rings is 1. The van der Waals surface area contributed by atoms with Gasteiger partial charge in [-0.2, -0.15) is 0 Å². The molecule has 0 aromatic heterocycles. The third kappa shape index (κ3) is 10.6. The van der Waals surface area contributed by atoms with Gasteiger partial charge in [-0.15, -0.1) is 0 Å². The van der Waals surface area contributed by atoms with Crippen molar-refractivity contribution in [2.75, 3.05) is 39.5 Å². The molecule has 0 aliphatic rings. The summed E-state index contributed by atoms with van der Waals surface area (Å²) >= 11 is 0. The van der Waals surface area contributed by atoms with Crippen LogP contribution in [0.1, 0.15) is 24.5 Å². The minimum absolute atomic E-state index is 0.102. The van der Waals surface area contributed by atoms with Crippen molar-refractivity contribution in [1.82, 2.24) is 10.6 Å². The van der Waals surface area contributed by atoms with E-state index >= 15 is 0 Å². The maximum Gasteiger partial charge on any atom is 0.234 e. The SMILES string of the molecule is CC(=O)CCOCCOCCNC(=O)CNCc1ccc(C)c(F)c1. The first-order chi connectivity index (χ1) is 12.0. The van der Waals surface area contributed by atoms with Gasteiger partial charge in [-0.25, -0.2) is 4.39 Å². The number of hydrogen-bond donors (Lipinski definition) is 2. The maximum atomic E-state index is 13.4. The molecule has 0 aliphatic heterocycles. The lowest BCUT2D eigenvalue weighted by atomic mass is 10.1. The Morgan fingerprint density at radius 3 is 2.52 bits per heavy atom. The number of halogens is 1. The van der Waals surface area contributed by atoms with Crippen LogP contribution in [0.15, 0.2) is 18.2 Å². The average Bonchev–Trinajstić information content (AvgIpc) is 2.56. The molecule has 0 spiro atoms. The predicted molar refractivity (Wildman–Crippen MR) is 92.8 cm³/mol. The number of carbonyl (C=O) groups is 2. The molecule has 1 amide bonds. The van der Waals surface area contributed by atoms with Gasteiger partial charge in [-0.1, -0.05) is 12.1 Å². The van der Waals surface area contributed by atoms with Crippen LogP contribution >= 0.6 is 0 Å². The van der Waals surface area contributed by atoms with Crippen LogP contribution in [0.3, 0.4) is 0 Å². The first kappa shape index (κ1) is 21.2. The molecule has 0 heterocycles. The van der Waals surface area contributed by atoms with Crippen LogP contribution in [0.4, 0.5) is 4.39 Å². The van der Waals surface area contributed by atoms with Crippen LogP contribution in [0.2, 0.25) is 0 Å². The van der Waals surface area contributed by atoms with Gasteiger partial charge in [-0.3, -0.25) is 9.59 Å². The highest BCUT2D eigenvalue weighted by Crippen LogP contribution is 2.08. The first-order valence-electron chi connectivity index (χ1n) is 8.36. The van der Waals surface area contributed by atoms with Crippen molar-refractivity contribution in [3.8, 4) is 0 Å². The Labute approximate surface area is 148 Å². The largest absolute Gasteiger partial charge is 0.379 e. The van der Waals surface area contributed by atoms with Gasteiger partial charge in [0.1, 0.15) is 11.6 Å². The molecule has 1 rings (SSSR count). The number of hydrogen-bond acceptors (Lipinski definition) is 5. The molecule has 0 saturated heterocycles. The second kappa shape index (κ2) is 12.5. The Morgan fingerprint density at radius 2 is 1.84 bits per heavy atom. The minimum atomic E-state index is -0.244. The summed E-state index contributed by atoms with van der Waals surface area (Å²) < 4.78 is 23.9. The Balaban J connectivity index is 1.97. The van der Waals surface area contributed by atoms with E-state index in [1.165, 1.54) is 13.0 Å². The van der Waals surface area contributed by atoms with Crippen molar-refractivity contribution < 1.29 is 23.5 Å². The van der Waals surface area contributed by atoms with Gasteiger partial charge in [0.05, 0.1) is 33.0 Å².